The van der Waals surface area contributed by atoms with E-state index in [1.54, 1.807) is 7.11 Å². The van der Waals surface area contributed by atoms with Crippen molar-refractivity contribution < 1.29 is 9.84 Å². The van der Waals surface area contributed by atoms with Gasteiger partial charge in [0.1, 0.15) is 0 Å². The lowest BCUT2D eigenvalue weighted by Gasteiger charge is -2.10. The molecule has 0 amide bonds. The van der Waals surface area contributed by atoms with Crippen LogP contribution in [0.1, 0.15) is 19.3 Å². The quantitative estimate of drug-likeness (QED) is 0.542. The van der Waals surface area contributed by atoms with E-state index < -0.39 is 0 Å². The molecule has 0 aliphatic heterocycles. The topological polar surface area (TPSA) is 29.5 Å². The Balaban J connectivity index is 2.30. The van der Waals surface area contributed by atoms with Crippen LogP contribution in [0.25, 0.3) is 0 Å². The van der Waals surface area contributed by atoms with E-state index in [-0.39, 0.29) is 12.2 Å². The minimum Gasteiger partial charge on any atom is -0.390 e. The number of rotatable bonds is 1. The third-order valence-corrected chi connectivity index (χ3v) is 1.72. The van der Waals surface area contributed by atoms with Gasteiger partial charge < -0.3 is 9.84 Å². The Bertz CT molecular complexity index is 72.9. The fourth-order valence-electron chi connectivity index (χ4n) is 1.18. The third kappa shape index (κ3) is 1.01. The molecule has 2 nitrogen and oxygen atoms in total. The molecule has 1 saturated carbocycles. The lowest BCUT2D eigenvalue weighted by molar-refractivity contribution is 0.00983. The van der Waals surface area contributed by atoms with Crippen molar-refractivity contribution in [3.8, 4) is 0 Å². The average Bonchev–Trinajstić information content (AvgIpc) is 2.14. The molecule has 0 heterocycles. The molecule has 48 valence electrons. The van der Waals surface area contributed by atoms with Gasteiger partial charge in [-0.1, -0.05) is 0 Å². The zero-order valence-electron chi connectivity index (χ0n) is 5.13. The lowest BCUT2D eigenvalue weighted by atomic mass is 10.3. The highest BCUT2D eigenvalue weighted by molar-refractivity contribution is 4.76. The Morgan fingerprint density at radius 3 is 2.50 bits per heavy atom. The van der Waals surface area contributed by atoms with Crippen LogP contribution in [0.15, 0.2) is 0 Å². The molecular formula is C6H12O2. The molecule has 0 spiro atoms. The summed E-state index contributed by atoms with van der Waals surface area (Å²) in [5.74, 6) is 0. The van der Waals surface area contributed by atoms with Crippen LogP contribution in [0.3, 0.4) is 0 Å². The molecule has 0 aromatic carbocycles. The van der Waals surface area contributed by atoms with Crippen molar-refractivity contribution in [2.24, 2.45) is 0 Å². The van der Waals surface area contributed by atoms with Crippen LogP contribution in [-0.2, 0) is 4.74 Å². The molecule has 0 bridgehead atoms. The van der Waals surface area contributed by atoms with E-state index in [0.29, 0.717) is 0 Å². The molecule has 1 rings (SSSR count). The zero-order valence-corrected chi connectivity index (χ0v) is 5.13. The van der Waals surface area contributed by atoms with Gasteiger partial charge in [0.25, 0.3) is 0 Å². The Morgan fingerprint density at radius 1 is 1.50 bits per heavy atom. The van der Waals surface area contributed by atoms with Crippen molar-refractivity contribution in [2.45, 2.75) is 31.5 Å². The van der Waals surface area contributed by atoms with E-state index in [9.17, 15) is 0 Å². The minimum absolute atomic E-state index is 0.120. The molecule has 8 heavy (non-hydrogen) atoms. The van der Waals surface area contributed by atoms with E-state index in [0.717, 1.165) is 19.3 Å². The van der Waals surface area contributed by atoms with Crippen LogP contribution in [0, 0.1) is 0 Å². The maximum atomic E-state index is 9.06. The fourth-order valence-corrected chi connectivity index (χ4v) is 1.18. The van der Waals surface area contributed by atoms with Crippen LogP contribution < -0.4 is 0 Å². The van der Waals surface area contributed by atoms with Gasteiger partial charge in [-0.15, -0.1) is 0 Å². The molecule has 1 aliphatic rings. The van der Waals surface area contributed by atoms with Crippen molar-refractivity contribution in [3.63, 3.8) is 0 Å². The van der Waals surface area contributed by atoms with Gasteiger partial charge in [0.2, 0.25) is 0 Å². The van der Waals surface area contributed by atoms with Crippen LogP contribution in [0.5, 0.6) is 0 Å². The van der Waals surface area contributed by atoms with Gasteiger partial charge in [-0.05, 0) is 19.3 Å². The first-order valence-corrected chi connectivity index (χ1v) is 3.05. The van der Waals surface area contributed by atoms with Gasteiger partial charge in [0.05, 0.1) is 12.2 Å². The summed E-state index contributed by atoms with van der Waals surface area (Å²) in [7, 11) is 1.65. The van der Waals surface area contributed by atoms with Crippen LogP contribution >= 0.6 is 0 Å². The highest BCUT2D eigenvalue weighted by Crippen LogP contribution is 2.20. The van der Waals surface area contributed by atoms with Gasteiger partial charge in [0, 0.05) is 7.11 Å². The highest BCUT2D eigenvalue weighted by Gasteiger charge is 2.23. The first-order chi connectivity index (χ1) is 3.84. The molecule has 0 saturated heterocycles. The van der Waals surface area contributed by atoms with Gasteiger partial charge in [-0.3, -0.25) is 0 Å². The van der Waals surface area contributed by atoms with E-state index in [1.165, 1.54) is 0 Å². The SMILES string of the molecule is COC1CCCC1O. The monoisotopic (exact) mass is 116 g/mol. The van der Waals surface area contributed by atoms with Crippen molar-refractivity contribution in [1.29, 1.82) is 0 Å². The summed E-state index contributed by atoms with van der Waals surface area (Å²) in [4.78, 5) is 0. The first-order valence-electron chi connectivity index (χ1n) is 3.05. The summed E-state index contributed by atoms with van der Waals surface area (Å²) < 4.78 is 4.97. The molecule has 0 aromatic rings. The Labute approximate surface area is 49.5 Å². The van der Waals surface area contributed by atoms with Crippen molar-refractivity contribution in [1.82, 2.24) is 0 Å². The van der Waals surface area contributed by atoms with Crippen LogP contribution in [0.2, 0.25) is 0 Å². The Kier molecular flexibility index (Phi) is 1.86. The largest absolute Gasteiger partial charge is 0.390 e. The van der Waals surface area contributed by atoms with E-state index in [1.807, 2.05) is 0 Å². The predicted molar refractivity (Wildman–Crippen MR) is 30.7 cm³/mol. The second kappa shape index (κ2) is 2.46. The number of aliphatic hydroxyl groups is 1. The summed E-state index contributed by atoms with van der Waals surface area (Å²) in [6, 6.07) is 0. The van der Waals surface area contributed by atoms with Gasteiger partial charge >= 0.3 is 0 Å². The second-order valence-electron chi connectivity index (χ2n) is 2.27. The third-order valence-electron chi connectivity index (χ3n) is 1.72. The summed E-state index contributed by atoms with van der Waals surface area (Å²) in [6.07, 6.45) is 2.98. The molecule has 0 aromatic heterocycles. The standard InChI is InChI=1S/C6H12O2/c1-8-6-4-2-3-5(6)7/h5-7H,2-4H2,1H3. The smallest absolute Gasteiger partial charge is 0.0830 e. The Hall–Kier alpha value is -0.0800. The zero-order chi connectivity index (χ0) is 5.98. The van der Waals surface area contributed by atoms with Crippen molar-refractivity contribution in [3.05, 3.63) is 0 Å². The van der Waals surface area contributed by atoms with Crippen molar-refractivity contribution >= 4 is 0 Å². The summed E-state index contributed by atoms with van der Waals surface area (Å²) >= 11 is 0. The van der Waals surface area contributed by atoms with Gasteiger partial charge in [-0.25, -0.2) is 0 Å². The number of ether oxygens (including phenoxy) is 1. The molecule has 0 radical (unpaired) electrons. The first kappa shape index (κ1) is 6.05. The summed E-state index contributed by atoms with van der Waals surface area (Å²) in [5, 5.41) is 9.06. The van der Waals surface area contributed by atoms with Crippen LogP contribution in [0.4, 0.5) is 0 Å². The van der Waals surface area contributed by atoms with Gasteiger partial charge in [-0.2, -0.15) is 0 Å². The summed E-state index contributed by atoms with van der Waals surface area (Å²) in [5.41, 5.74) is 0. The average molecular weight is 116 g/mol. The molecule has 1 aliphatic carbocycles. The molecular weight excluding hydrogens is 104 g/mol. The Morgan fingerprint density at radius 2 is 2.25 bits per heavy atom. The minimum atomic E-state index is -0.194. The van der Waals surface area contributed by atoms with E-state index >= 15 is 0 Å². The van der Waals surface area contributed by atoms with Crippen LogP contribution in [-0.4, -0.2) is 24.4 Å². The van der Waals surface area contributed by atoms with Gasteiger partial charge in [0.15, 0.2) is 0 Å². The normalized spacial score (nSPS) is 38.2. The number of hydrogen-bond acceptors (Lipinski definition) is 2. The molecule has 2 atom stereocenters. The second-order valence-corrected chi connectivity index (χ2v) is 2.27. The number of hydrogen-bond donors (Lipinski definition) is 1. The molecule has 2 unspecified atom stereocenters. The molecule has 2 heteroatoms. The highest BCUT2D eigenvalue weighted by atomic mass is 16.5. The van der Waals surface area contributed by atoms with Crippen molar-refractivity contribution in [2.75, 3.05) is 7.11 Å². The maximum Gasteiger partial charge on any atom is 0.0830 e. The fraction of sp³-hybridized carbons (Fsp3) is 1.00. The molecule has 1 fully saturated rings. The lowest BCUT2D eigenvalue weighted by Crippen LogP contribution is -2.20. The number of methoxy groups -OCH3 is 1. The van der Waals surface area contributed by atoms with E-state index in [2.05, 4.69) is 0 Å². The predicted octanol–water partition coefficient (Wildman–Crippen LogP) is 0.546. The summed E-state index contributed by atoms with van der Waals surface area (Å²) in [6.45, 7) is 0. The van der Waals surface area contributed by atoms with E-state index in [4.69, 9.17) is 9.84 Å². The maximum absolute atomic E-state index is 9.06. The number of aliphatic hydroxyl groups excluding tert-OH is 1. The molecule has 1 N–H and O–H groups in total.